The molecule has 0 bridgehead atoms. The van der Waals surface area contributed by atoms with Crippen molar-refractivity contribution in [3.05, 3.63) is 29.6 Å². The number of rotatable bonds is 3. The van der Waals surface area contributed by atoms with Gasteiger partial charge in [0, 0.05) is 18.9 Å². The number of carbonyl (C=O) groups is 1. The molecule has 102 valence electrons. The summed E-state index contributed by atoms with van der Waals surface area (Å²) in [7, 11) is 0. The molecule has 0 aromatic carbocycles. The highest BCUT2D eigenvalue weighted by Crippen LogP contribution is 2.17. The molecule has 1 rings (SSSR count). The number of amides is 1. The van der Waals surface area contributed by atoms with Crippen molar-refractivity contribution < 1.29 is 4.79 Å². The first kappa shape index (κ1) is 16.9. The lowest BCUT2D eigenvalue weighted by atomic mass is 9.87. The number of halogens is 1. The minimum absolute atomic E-state index is 0. The van der Waals surface area contributed by atoms with Gasteiger partial charge in [0.15, 0.2) is 0 Å². The largest absolute Gasteiger partial charge is 0.351 e. The number of nitrogens with one attached hydrogen (secondary N) is 1. The summed E-state index contributed by atoms with van der Waals surface area (Å²) < 4.78 is 0. The summed E-state index contributed by atoms with van der Waals surface area (Å²) in [6.07, 6.45) is 3.50. The molecule has 1 heterocycles. The van der Waals surface area contributed by atoms with Gasteiger partial charge in [0.05, 0.1) is 6.04 Å². The average Bonchev–Trinajstić information content (AvgIpc) is 2.25. The standard InChI is InChI=1S/C13H21N3O.ClH/c1-9-7-15-6-5-10(9)8-16-12(17)11(14)13(2,3)4;/h5-7,11H,8,14H2,1-4H3,(H,16,17);1H/t11-;/m1./s1. The molecule has 1 aromatic rings. The number of aryl methyl sites for hydroxylation is 1. The number of pyridine rings is 1. The Kier molecular flexibility index (Phi) is 6.29. The van der Waals surface area contributed by atoms with Crippen LogP contribution in [0.2, 0.25) is 0 Å². The number of hydrogen-bond donors (Lipinski definition) is 2. The average molecular weight is 272 g/mol. The van der Waals surface area contributed by atoms with Gasteiger partial charge in [0.25, 0.3) is 0 Å². The maximum atomic E-state index is 11.8. The zero-order valence-corrected chi connectivity index (χ0v) is 12.2. The van der Waals surface area contributed by atoms with Crippen molar-refractivity contribution >= 4 is 18.3 Å². The topological polar surface area (TPSA) is 68.0 Å². The Morgan fingerprint density at radius 2 is 2.11 bits per heavy atom. The highest BCUT2D eigenvalue weighted by atomic mass is 35.5. The molecule has 1 aromatic heterocycles. The Morgan fingerprint density at radius 1 is 1.50 bits per heavy atom. The van der Waals surface area contributed by atoms with E-state index in [0.717, 1.165) is 11.1 Å². The molecule has 0 aliphatic rings. The Balaban J connectivity index is 0.00000289. The van der Waals surface area contributed by atoms with Crippen molar-refractivity contribution in [3.8, 4) is 0 Å². The lowest BCUT2D eigenvalue weighted by Crippen LogP contribution is -2.48. The molecular weight excluding hydrogens is 250 g/mol. The van der Waals surface area contributed by atoms with Crippen LogP contribution in [0.3, 0.4) is 0 Å². The fourth-order valence-electron chi connectivity index (χ4n) is 1.39. The van der Waals surface area contributed by atoms with Gasteiger partial charge in [-0.15, -0.1) is 12.4 Å². The molecule has 0 aliphatic heterocycles. The van der Waals surface area contributed by atoms with Crippen LogP contribution in [-0.2, 0) is 11.3 Å². The van der Waals surface area contributed by atoms with Crippen LogP contribution in [0.1, 0.15) is 31.9 Å². The molecule has 3 N–H and O–H groups in total. The Morgan fingerprint density at radius 3 is 2.61 bits per heavy atom. The second-order valence-electron chi connectivity index (χ2n) is 5.36. The first-order valence-corrected chi connectivity index (χ1v) is 5.75. The maximum Gasteiger partial charge on any atom is 0.237 e. The van der Waals surface area contributed by atoms with Crippen LogP contribution in [0.25, 0.3) is 0 Å². The second kappa shape index (κ2) is 6.71. The molecule has 4 nitrogen and oxygen atoms in total. The summed E-state index contributed by atoms with van der Waals surface area (Å²) in [6, 6.07) is 1.41. The molecule has 5 heteroatoms. The maximum absolute atomic E-state index is 11.8. The molecule has 1 atom stereocenters. The van der Waals surface area contributed by atoms with E-state index in [9.17, 15) is 4.79 Å². The predicted molar refractivity (Wildman–Crippen MR) is 75.5 cm³/mol. The van der Waals surface area contributed by atoms with Gasteiger partial charge >= 0.3 is 0 Å². The zero-order chi connectivity index (χ0) is 13.1. The normalized spacial score (nSPS) is 12.5. The van der Waals surface area contributed by atoms with Gasteiger partial charge in [-0.25, -0.2) is 0 Å². The smallest absolute Gasteiger partial charge is 0.237 e. The van der Waals surface area contributed by atoms with Crippen LogP contribution < -0.4 is 11.1 Å². The zero-order valence-electron chi connectivity index (χ0n) is 11.4. The van der Waals surface area contributed by atoms with Crippen LogP contribution in [0.4, 0.5) is 0 Å². The molecule has 0 unspecified atom stereocenters. The number of carbonyl (C=O) groups excluding carboxylic acids is 1. The number of nitrogens with zero attached hydrogens (tertiary/aromatic N) is 1. The van der Waals surface area contributed by atoms with Crippen molar-refractivity contribution in [1.82, 2.24) is 10.3 Å². The van der Waals surface area contributed by atoms with Gasteiger partial charge in [0.1, 0.15) is 0 Å². The molecule has 0 saturated heterocycles. The van der Waals surface area contributed by atoms with Crippen LogP contribution in [0.15, 0.2) is 18.5 Å². The van der Waals surface area contributed by atoms with Gasteiger partial charge in [-0.2, -0.15) is 0 Å². The third kappa shape index (κ3) is 4.63. The molecule has 1 amide bonds. The summed E-state index contributed by atoms with van der Waals surface area (Å²) in [5.74, 6) is -0.117. The van der Waals surface area contributed by atoms with Gasteiger partial charge in [-0.1, -0.05) is 20.8 Å². The lowest BCUT2D eigenvalue weighted by Gasteiger charge is -2.25. The van der Waals surface area contributed by atoms with Crippen molar-refractivity contribution in [2.75, 3.05) is 0 Å². The van der Waals surface area contributed by atoms with Crippen LogP contribution >= 0.6 is 12.4 Å². The van der Waals surface area contributed by atoms with Gasteiger partial charge in [0.2, 0.25) is 5.91 Å². The molecular formula is C13H22ClN3O. The summed E-state index contributed by atoms with van der Waals surface area (Å²) in [4.78, 5) is 15.8. The minimum Gasteiger partial charge on any atom is -0.351 e. The van der Waals surface area contributed by atoms with Crippen molar-refractivity contribution in [2.24, 2.45) is 11.1 Å². The van der Waals surface area contributed by atoms with E-state index in [4.69, 9.17) is 5.73 Å². The van der Waals surface area contributed by atoms with Crippen LogP contribution in [0, 0.1) is 12.3 Å². The summed E-state index contributed by atoms with van der Waals surface area (Å²) in [5.41, 5.74) is 7.78. The first-order valence-electron chi connectivity index (χ1n) is 5.75. The van der Waals surface area contributed by atoms with E-state index in [1.807, 2.05) is 33.8 Å². The van der Waals surface area contributed by atoms with E-state index >= 15 is 0 Å². The van der Waals surface area contributed by atoms with Crippen LogP contribution in [0.5, 0.6) is 0 Å². The molecule has 0 radical (unpaired) electrons. The molecule has 18 heavy (non-hydrogen) atoms. The third-order valence-electron chi connectivity index (χ3n) is 2.81. The molecule has 0 saturated carbocycles. The highest BCUT2D eigenvalue weighted by Gasteiger charge is 2.27. The summed E-state index contributed by atoms with van der Waals surface area (Å²) in [5, 5.41) is 2.85. The van der Waals surface area contributed by atoms with Crippen molar-refractivity contribution in [2.45, 2.75) is 40.3 Å². The number of nitrogens with two attached hydrogens (primary N) is 1. The lowest BCUT2D eigenvalue weighted by molar-refractivity contribution is -0.124. The van der Waals surface area contributed by atoms with Gasteiger partial charge < -0.3 is 11.1 Å². The molecule has 0 aliphatic carbocycles. The third-order valence-corrected chi connectivity index (χ3v) is 2.81. The predicted octanol–water partition coefficient (Wildman–Crippen LogP) is 1.80. The Labute approximate surface area is 115 Å². The quantitative estimate of drug-likeness (QED) is 0.881. The SMILES string of the molecule is Cc1cnccc1CNC(=O)[C@@H](N)C(C)(C)C.Cl. The highest BCUT2D eigenvalue weighted by molar-refractivity contribution is 5.85. The van der Waals surface area contributed by atoms with E-state index in [0.29, 0.717) is 6.54 Å². The number of hydrogen-bond acceptors (Lipinski definition) is 3. The fraction of sp³-hybridized carbons (Fsp3) is 0.538. The van der Waals surface area contributed by atoms with Crippen molar-refractivity contribution in [3.63, 3.8) is 0 Å². The van der Waals surface area contributed by atoms with E-state index in [1.54, 1.807) is 12.4 Å². The van der Waals surface area contributed by atoms with E-state index in [1.165, 1.54) is 0 Å². The monoisotopic (exact) mass is 271 g/mol. The Bertz CT molecular complexity index is 401. The second-order valence-corrected chi connectivity index (χ2v) is 5.36. The van der Waals surface area contributed by atoms with E-state index in [2.05, 4.69) is 10.3 Å². The minimum atomic E-state index is -0.496. The Hall–Kier alpha value is -1.13. The summed E-state index contributed by atoms with van der Waals surface area (Å²) >= 11 is 0. The van der Waals surface area contributed by atoms with E-state index in [-0.39, 0.29) is 23.7 Å². The van der Waals surface area contributed by atoms with E-state index < -0.39 is 6.04 Å². The van der Waals surface area contributed by atoms with Gasteiger partial charge in [-0.3, -0.25) is 9.78 Å². The molecule has 0 fully saturated rings. The molecule has 0 spiro atoms. The van der Waals surface area contributed by atoms with Gasteiger partial charge in [-0.05, 0) is 29.5 Å². The first-order chi connectivity index (χ1) is 7.82. The fourth-order valence-corrected chi connectivity index (χ4v) is 1.39. The van der Waals surface area contributed by atoms with Crippen molar-refractivity contribution in [1.29, 1.82) is 0 Å². The van der Waals surface area contributed by atoms with Crippen LogP contribution in [-0.4, -0.2) is 16.9 Å². The number of aromatic nitrogens is 1. The summed E-state index contributed by atoms with van der Waals surface area (Å²) in [6.45, 7) is 8.33.